The standard InChI is InChI=1S/C13H16N2O2/c1-3-6-14-10-4-5-11-9(7-10)8-12(16)15(2)13(11)17/h4-5,7-8,14,17H,3,6H2,1-2H3. The number of nitrogens with zero attached hydrogens (tertiary/aromatic N) is 1. The second-order valence-corrected chi connectivity index (χ2v) is 4.09. The van der Waals surface area contributed by atoms with E-state index in [0.29, 0.717) is 5.39 Å². The number of pyridine rings is 1. The van der Waals surface area contributed by atoms with E-state index in [9.17, 15) is 9.90 Å². The van der Waals surface area contributed by atoms with Crippen LogP contribution in [0.3, 0.4) is 0 Å². The van der Waals surface area contributed by atoms with Crippen molar-refractivity contribution in [3.63, 3.8) is 0 Å². The summed E-state index contributed by atoms with van der Waals surface area (Å²) in [5, 5.41) is 14.5. The minimum Gasteiger partial charge on any atom is -0.494 e. The first-order valence-electron chi connectivity index (χ1n) is 5.70. The highest BCUT2D eigenvalue weighted by Crippen LogP contribution is 2.24. The highest BCUT2D eigenvalue weighted by Gasteiger charge is 2.06. The van der Waals surface area contributed by atoms with E-state index in [-0.39, 0.29) is 11.4 Å². The maximum atomic E-state index is 11.6. The van der Waals surface area contributed by atoms with E-state index in [1.807, 2.05) is 18.2 Å². The zero-order chi connectivity index (χ0) is 12.4. The maximum Gasteiger partial charge on any atom is 0.253 e. The molecule has 90 valence electrons. The number of benzene rings is 1. The molecule has 0 atom stereocenters. The van der Waals surface area contributed by atoms with Gasteiger partial charge in [0, 0.05) is 30.7 Å². The highest BCUT2D eigenvalue weighted by molar-refractivity contribution is 5.89. The molecule has 2 aromatic rings. The minimum absolute atomic E-state index is 0.00883. The summed E-state index contributed by atoms with van der Waals surface area (Å²) in [5.74, 6) is 0.00883. The molecule has 4 heteroatoms. The molecule has 1 aromatic heterocycles. The zero-order valence-electron chi connectivity index (χ0n) is 10.0. The van der Waals surface area contributed by atoms with Crippen LogP contribution in [0.5, 0.6) is 5.88 Å². The van der Waals surface area contributed by atoms with Crippen molar-refractivity contribution in [2.75, 3.05) is 11.9 Å². The first-order valence-corrected chi connectivity index (χ1v) is 5.70. The molecule has 0 unspecified atom stereocenters. The summed E-state index contributed by atoms with van der Waals surface area (Å²) in [6.45, 7) is 2.98. The van der Waals surface area contributed by atoms with Crippen molar-refractivity contribution in [3.8, 4) is 5.88 Å². The van der Waals surface area contributed by atoms with E-state index in [1.165, 1.54) is 10.6 Å². The summed E-state index contributed by atoms with van der Waals surface area (Å²) >= 11 is 0. The monoisotopic (exact) mass is 232 g/mol. The predicted octanol–water partition coefficient (Wildman–Crippen LogP) is 2.07. The average Bonchev–Trinajstić information content (AvgIpc) is 2.33. The van der Waals surface area contributed by atoms with E-state index in [1.54, 1.807) is 7.05 Å². The zero-order valence-corrected chi connectivity index (χ0v) is 10.0. The van der Waals surface area contributed by atoms with Gasteiger partial charge in [-0.25, -0.2) is 0 Å². The second kappa shape index (κ2) is 4.49. The van der Waals surface area contributed by atoms with Gasteiger partial charge in [0.25, 0.3) is 5.56 Å². The normalized spacial score (nSPS) is 10.7. The highest BCUT2D eigenvalue weighted by atomic mass is 16.3. The van der Waals surface area contributed by atoms with Gasteiger partial charge in [-0.2, -0.15) is 0 Å². The van der Waals surface area contributed by atoms with Gasteiger partial charge >= 0.3 is 0 Å². The molecule has 17 heavy (non-hydrogen) atoms. The molecule has 0 fully saturated rings. The number of nitrogens with one attached hydrogen (secondary N) is 1. The van der Waals surface area contributed by atoms with Crippen molar-refractivity contribution in [2.45, 2.75) is 13.3 Å². The van der Waals surface area contributed by atoms with Crippen LogP contribution in [-0.2, 0) is 7.05 Å². The van der Waals surface area contributed by atoms with Gasteiger partial charge in [-0.05, 0) is 30.0 Å². The third-order valence-corrected chi connectivity index (χ3v) is 2.80. The molecular formula is C13H16N2O2. The molecule has 0 radical (unpaired) electrons. The van der Waals surface area contributed by atoms with Gasteiger partial charge in [-0.1, -0.05) is 6.92 Å². The number of anilines is 1. The summed E-state index contributed by atoms with van der Waals surface area (Å²) < 4.78 is 1.24. The Morgan fingerprint density at radius 1 is 1.35 bits per heavy atom. The van der Waals surface area contributed by atoms with Crippen LogP contribution < -0.4 is 10.9 Å². The van der Waals surface area contributed by atoms with Gasteiger partial charge in [0.05, 0.1) is 0 Å². The van der Waals surface area contributed by atoms with Crippen molar-refractivity contribution >= 4 is 16.5 Å². The van der Waals surface area contributed by atoms with Crippen molar-refractivity contribution < 1.29 is 5.11 Å². The van der Waals surface area contributed by atoms with E-state index in [2.05, 4.69) is 12.2 Å². The lowest BCUT2D eigenvalue weighted by atomic mass is 10.1. The summed E-state index contributed by atoms with van der Waals surface area (Å²) in [4.78, 5) is 11.6. The molecule has 0 amide bonds. The fourth-order valence-corrected chi connectivity index (χ4v) is 1.78. The Morgan fingerprint density at radius 2 is 2.12 bits per heavy atom. The first kappa shape index (κ1) is 11.5. The third kappa shape index (κ3) is 2.11. The molecule has 0 saturated carbocycles. The molecule has 0 spiro atoms. The molecule has 1 heterocycles. The van der Waals surface area contributed by atoms with Crippen molar-refractivity contribution in [1.82, 2.24) is 4.57 Å². The second-order valence-electron chi connectivity index (χ2n) is 4.09. The molecule has 0 bridgehead atoms. The Labute approximate surface area is 99.5 Å². The molecular weight excluding hydrogens is 216 g/mol. The Morgan fingerprint density at radius 3 is 2.82 bits per heavy atom. The lowest BCUT2D eigenvalue weighted by molar-refractivity contribution is 0.430. The maximum absolute atomic E-state index is 11.6. The van der Waals surface area contributed by atoms with Gasteiger partial charge < -0.3 is 10.4 Å². The van der Waals surface area contributed by atoms with Crippen LogP contribution in [0.2, 0.25) is 0 Å². The molecule has 4 nitrogen and oxygen atoms in total. The van der Waals surface area contributed by atoms with Gasteiger partial charge in [-0.15, -0.1) is 0 Å². The largest absolute Gasteiger partial charge is 0.494 e. The predicted molar refractivity (Wildman–Crippen MR) is 69.6 cm³/mol. The number of fused-ring (bicyclic) bond motifs is 1. The number of aromatic hydroxyl groups is 1. The van der Waals surface area contributed by atoms with Crippen molar-refractivity contribution in [3.05, 3.63) is 34.6 Å². The molecule has 2 N–H and O–H groups in total. The van der Waals surface area contributed by atoms with Crippen LogP contribution in [0, 0.1) is 0 Å². The van der Waals surface area contributed by atoms with Gasteiger partial charge in [0.15, 0.2) is 0 Å². The Bertz CT molecular complexity index is 602. The molecule has 0 aliphatic rings. The van der Waals surface area contributed by atoms with E-state index >= 15 is 0 Å². The summed E-state index contributed by atoms with van der Waals surface area (Å²) in [6.07, 6.45) is 1.04. The van der Waals surface area contributed by atoms with E-state index < -0.39 is 0 Å². The average molecular weight is 232 g/mol. The van der Waals surface area contributed by atoms with Crippen LogP contribution >= 0.6 is 0 Å². The van der Waals surface area contributed by atoms with Crippen LogP contribution in [0.1, 0.15) is 13.3 Å². The molecule has 0 aliphatic carbocycles. The van der Waals surface area contributed by atoms with Gasteiger partial charge in [0.1, 0.15) is 0 Å². The number of hydrogen-bond acceptors (Lipinski definition) is 3. The lowest BCUT2D eigenvalue weighted by Gasteiger charge is -2.09. The Balaban J connectivity index is 2.55. The fraction of sp³-hybridized carbons (Fsp3) is 0.308. The van der Waals surface area contributed by atoms with Crippen LogP contribution in [0.15, 0.2) is 29.1 Å². The molecule has 1 aromatic carbocycles. The van der Waals surface area contributed by atoms with Crippen LogP contribution in [0.4, 0.5) is 5.69 Å². The van der Waals surface area contributed by atoms with Crippen molar-refractivity contribution in [2.24, 2.45) is 7.05 Å². The molecule has 0 aliphatic heterocycles. The van der Waals surface area contributed by atoms with Gasteiger partial charge in [0.2, 0.25) is 5.88 Å². The topological polar surface area (TPSA) is 54.3 Å². The SMILES string of the molecule is CCCNc1ccc2c(O)n(C)c(=O)cc2c1. The summed E-state index contributed by atoms with van der Waals surface area (Å²) in [7, 11) is 1.56. The first-order chi connectivity index (χ1) is 8.13. The van der Waals surface area contributed by atoms with Crippen LogP contribution in [-0.4, -0.2) is 16.2 Å². The van der Waals surface area contributed by atoms with Crippen molar-refractivity contribution in [1.29, 1.82) is 0 Å². The third-order valence-electron chi connectivity index (χ3n) is 2.80. The summed E-state index contributed by atoms with van der Waals surface area (Å²) in [6, 6.07) is 7.14. The van der Waals surface area contributed by atoms with Crippen LogP contribution in [0.25, 0.3) is 10.8 Å². The fourth-order valence-electron chi connectivity index (χ4n) is 1.78. The smallest absolute Gasteiger partial charge is 0.253 e. The molecule has 0 saturated heterocycles. The molecule has 2 rings (SSSR count). The number of hydrogen-bond donors (Lipinski definition) is 2. The van der Waals surface area contributed by atoms with E-state index in [0.717, 1.165) is 24.0 Å². The summed E-state index contributed by atoms with van der Waals surface area (Å²) in [5.41, 5.74) is 0.759. The Kier molecular flexibility index (Phi) is 3.04. The minimum atomic E-state index is -0.206. The number of rotatable bonds is 3. The Hall–Kier alpha value is -1.97. The van der Waals surface area contributed by atoms with E-state index in [4.69, 9.17) is 0 Å². The lowest BCUT2D eigenvalue weighted by Crippen LogP contribution is -2.15. The number of aromatic nitrogens is 1. The quantitative estimate of drug-likeness (QED) is 0.851. The van der Waals surface area contributed by atoms with Gasteiger partial charge in [-0.3, -0.25) is 9.36 Å².